The first-order valence-corrected chi connectivity index (χ1v) is 6.35. The van der Waals surface area contributed by atoms with E-state index in [4.69, 9.17) is 11.6 Å². The summed E-state index contributed by atoms with van der Waals surface area (Å²) in [5.41, 5.74) is 0.965. The molecule has 0 saturated carbocycles. The molecule has 2 rings (SSSR count). The van der Waals surface area contributed by atoms with Gasteiger partial charge in [0.25, 0.3) is 0 Å². The number of hydrogen-bond donors (Lipinski definition) is 1. The van der Waals surface area contributed by atoms with Crippen LogP contribution in [-0.4, -0.2) is 18.1 Å². The van der Waals surface area contributed by atoms with E-state index < -0.39 is 5.97 Å². The second kappa shape index (κ2) is 5.92. The Morgan fingerprint density at radius 1 is 1.25 bits per heavy atom. The van der Waals surface area contributed by atoms with E-state index >= 15 is 0 Å². The molecule has 0 amide bonds. The largest absolute Gasteiger partial charge is 0.478 e. The molecule has 3 nitrogen and oxygen atoms in total. The zero-order valence-corrected chi connectivity index (χ0v) is 11.6. The topological polar surface area (TPSA) is 40.5 Å². The summed E-state index contributed by atoms with van der Waals surface area (Å²) in [6.07, 6.45) is 0. The molecule has 0 heterocycles. The lowest BCUT2D eigenvalue weighted by atomic mass is 10.1. The highest BCUT2D eigenvalue weighted by atomic mass is 35.5. The van der Waals surface area contributed by atoms with Crippen LogP contribution in [0.15, 0.2) is 42.5 Å². The van der Waals surface area contributed by atoms with Gasteiger partial charge in [-0.05, 0) is 18.2 Å². The van der Waals surface area contributed by atoms with Gasteiger partial charge in [0.2, 0.25) is 0 Å². The minimum absolute atomic E-state index is 0.0213. The summed E-state index contributed by atoms with van der Waals surface area (Å²) in [4.78, 5) is 12.9. The number of rotatable bonds is 4. The number of carboxylic acids is 1. The summed E-state index contributed by atoms with van der Waals surface area (Å²) in [6.45, 7) is 0.257. The van der Waals surface area contributed by atoms with Crippen molar-refractivity contribution in [2.24, 2.45) is 0 Å². The van der Waals surface area contributed by atoms with E-state index in [1.807, 2.05) is 0 Å². The summed E-state index contributed by atoms with van der Waals surface area (Å²) < 4.78 is 13.6. The van der Waals surface area contributed by atoms with E-state index in [9.17, 15) is 14.3 Å². The molecule has 0 aromatic heterocycles. The first-order valence-electron chi connectivity index (χ1n) is 5.97. The Morgan fingerprint density at radius 2 is 1.95 bits per heavy atom. The lowest BCUT2D eigenvalue weighted by Gasteiger charge is -2.22. The van der Waals surface area contributed by atoms with Crippen molar-refractivity contribution in [2.45, 2.75) is 6.54 Å². The first kappa shape index (κ1) is 14.3. The first-order chi connectivity index (χ1) is 9.50. The van der Waals surface area contributed by atoms with E-state index in [1.54, 1.807) is 42.3 Å². The maximum absolute atomic E-state index is 13.6. The fraction of sp³-hybridized carbons (Fsp3) is 0.133. The summed E-state index contributed by atoms with van der Waals surface area (Å²) >= 11 is 5.92. The van der Waals surface area contributed by atoms with E-state index in [0.717, 1.165) is 0 Å². The fourth-order valence-electron chi connectivity index (χ4n) is 2.01. The second-order valence-electron chi connectivity index (χ2n) is 4.39. The van der Waals surface area contributed by atoms with Crippen molar-refractivity contribution in [1.29, 1.82) is 0 Å². The number of carbonyl (C=O) groups is 1. The average molecular weight is 294 g/mol. The SMILES string of the molecule is CN(Cc1ccccc1F)c1cccc(Cl)c1C(=O)O. The van der Waals surface area contributed by atoms with Gasteiger partial charge in [0.05, 0.1) is 10.7 Å². The van der Waals surface area contributed by atoms with Gasteiger partial charge in [-0.25, -0.2) is 9.18 Å². The van der Waals surface area contributed by atoms with E-state index in [1.165, 1.54) is 12.1 Å². The molecule has 5 heteroatoms. The molecule has 0 aliphatic carbocycles. The van der Waals surface area contributed by atoms with Gasteiger partial charge < -0.3 is 10.0 Å². The standard InChI is InChI=1S/C15H13ClFNO2/c1-18(9-10-5-2-3-7-12(10)17)13-8-4-6-11(16)14(13)15(19)20/h2-8H,9H2,1H3,(H,19,20). The molecule has 2 aromatic rings. The van der Waals surface area contributed by atoms with Crippen LogP contribution in [-0.2, 0) is 6.54 Å². The number of halogens is 2. The molecule has 0 fully saturated rings. The third kappa shape index (κ3) is 2.91. The molecular weight excluding hydrogens is 281 g/mol. The Kier molecular flexibility index (Phi) is 4.25. The van der Waals surface area contributed by atoms with Crippen LogP contribution in [0.4, 0.5) is 10.1 Å². The monoisotopic (exact) mass is 293 g/mol. The number of carboxylic acid groups (broad SMARTS) is 1. The maximum Gasteiger partial charge on any atom is 0.339 e. The minimum Gasteiger partial charge on any atom is -0.478 e. The third-order valence-electron chi connectivity index (χ3n) is 2.98. The molecule has 0 aliphatic rings. The second-order valence-corrected chi connectivity index (χ2v) is 4.79. The molecule has 1 N–H and O–H groups in total. The molecular formula is C15H13ClFNO2. The van der Waals surface area contributed by atoms with Crippen LogP contribution in [0.25, 0.3) is 0 Å². The van der Waals surface area contributed by atoms with Gasteiger partial charge in [0.1, 0.15) is 11.4 Å². The van der Waals surface area contributed by atoms with Crippen LogP contribution in [0, 0.1) is 5.82 Å². The van der Waals surface area contributed by atoms with Crippen molar-refractivity contribution in [3.8, 4) is 0 Å². The fourth-order valence-corrected chi connectivity index (χ4v) is 2.26. The molecule has 0 atom stereocenters. The smallest absolute Gasteiger partial charge is 0.339 e. The quantitative estimate of drug-likeness (QED) is 0.932. The minimum atomic E-state index is -1.11. The van der Waals surface area contributed by atoms with E-state index in [2.05, 4.69) is 0 Å². The average Bonchev–Trinajstić information content (AvgIpc) is 2.40. The van der Waals surface area contributed by atoms with Crippen molar-refractivity contribution in [3.63, 3.8) is 0 Å². The molecule has 0 bridgehead atoms. The predicted molar refractivity (Wildman–Crippen MR) is 76.9 cm³/mol. The highest BCUT2D eigenvalue weighted by Crippen LogP contribution is 2.28. The van der Waals surface area contributed by atoms with E-state index in [-0.39, 0.29) is 22.9 Å². The molecule has 2 aromatic carbocycles. The Balaban J connectivity index is 2.35. The molecule has 20 heavy (non-hydrogen) atoms. The summed E-state index contributed by atoms with van der Waals surface area (Å²) in [7, 11) is 1.70. The number of aromatic carboxylic acids is 1. The highest BCUT2D eigenvalue weighted by Gasteiger charge is 2.17. The molecule has 104 valence electrons. The Bertz CT molecular complexity index is 646. The highest BCUT2D eigenvalue weighted by molar-refractivity contribution is 6.34. The predicted octanol–water partition coefficient (Wildman–Crippen LogP) is 3.81. The van der Waals surface area contributed by atoms with Gasteiger partial charge in [-0.15, -0.1) is 0 Å². The Morgan fingerprint density at radius 3 is 2.60 bits per heavy atom. The van der Waals surface area contributed by atoms with Crippen molar-refractivity contribution >= 4 is 23.3 Å². The van der Waals surface area contributed by atoms with Crippen LogP contribution in [0.3, 0.4) is 0 Å². The van der Waals surface area contributed by atoms with Gasteiger partial charge in [-0.2, -0.15) is 0 Å². The summed E-state index contributed by atoms with van der Waals surface area (Å²) in [5.74, 6) is -1.43. The molecule has 0 radical (unpaired) electrons. The lowest BCUT2D eigenvalue weighted by molar-refractivity contribution is 0.0697. The molecule has 0 saturated heterocycles. The van der Waals surface area contributed by atoms with Gasteiger partial charge in [0, 0.05) is 19.2 Å². The van der Waals surface area contributed by atoms with Crippen LogP contribution in [0.2, 0.25) is 5.02 Å². The zero-order valence-electron chi connectivity index (χ0n) is 10.8. The Hall–Kier alpha value is -2.07. The van der Waals surface area contributed by atoms with Gasteiger partial charge >= 0.3 is 5.97 Å². The van der Waals surface area contributed by atoms with E-state index in [0.29, 0.717) is 11.3 Å². The number of anilines is 1. The Labute approximate surface area is 121 Å². The summed E-state index contributed by atoms with van der Waals surface area (Å²) in [6, 6.07) is 11.2. The zero-order chi connectivity index (χ0) is 14.7. The lowest BCUT2D eigenvalue weighted by Crippen LogP contribution is -2.20. The van der Waals surface area contributed by atoms with Crippen molar-refractivity contribution in [3.05, 3.63) is 64.4 Å². The van der Waals surface area contributed by atoms with Crippen molar-refractivity contribution in [2.75, 3.05) is 11.9 Å². The molecule has 0 aliphatic heterocycles. The van der Waals surface area contributed by atoms with Crippen LogP contribution in [0.5, 0.6) is 0 Å². The van der Waals surface area contributed by atoms with Crippen LogP contribution >= 0.6 is 11.6 Å². The summed E-state index contributed by atoms with van der Waals surface area (Å²) in [5, 5.41) is 9.39. The number of benzene rings is 2. The van der Waals surface area contributed by atoms with Crippen LogP contribution < -0.4 is 4.90 Å². The maximum atomic E-state index is 13.6. The number of hydrogen-bond acceptors (Lipinski definition) is 2. The van der Waals surface area contributed by atoms with Crippen molar-refractivity contribution < 1.29 is 14.3 Å². The molecule has 0 unspecified atom stereocenters. The number of nitrogens with zero attached hydrogens (tertiary/aromatic N) is 1. The third-order valence-corrected chi connectivity index (χ3v) is 3.30. The van der Waals surface area contributed by atoms with Crippen molar-refractivity contribution in [1.82, 2.24) is 0 Å². The van der Waals surface area contributed by atoms with Gasteiger partial charge in [-0.3, -0.25) is 0 Å². The van der Waals surface area contributed by atoms with Crippen LogP contribution in [0.1, 0.15) is 15.9 Å². The van der Waals surface area contributed by atoms with Gasteiger partial charge in [0.15, 0.2) is 0 Å². The van der Waals surface area contributed by atoms with Gasteiger partial charge in [-0.1, -0.05) is 35.9 Å². The normalized spacial score (nSPS) is 10.3. The molecule has 0 spiro atoms.